The van der Waals surface area contributed by atoms with Gasteiger partial charge in [-0.1, -0.05) is 115 Å². The van der Waals surface area contributed by atoms with Crippen molar-refractivity contribution < 1.29 is 9.47 Å². The fourth-order valence-electron chi connectivity index (χ4n) is 8.14. The van der Waals surface area contributed by atoms with Crippen LogP contribution in [0.5, 0.6) is 23.0 Å². The molecule has 3 aliphatic rings. The van der Waals surface area contributed by atoms with Crippen LogP contribution in [0.3, 0.4) is 0 Å². The summed E-state index contributed by atoms with van der Waals surface area (Å²) in [7, 11) is -2.66. The van der Waals surface area contributed by atoms with Crippen LogP contribution in [0.4, 0.5) is 17.1 Å². The lowest BCUT2D eigenvalue weighted by Crippen LogP contribution is -2.72. The second-order valence-electron chi connectivity index (χ2n) is 15.2. The molecule has 0 saturated heterocycles. The summed E-state index contributed by atoms with van der Waals surface area (Å²) in [6, 6.07) is 35.7. The molecule has 0 aromatic heterocycles. The Bertz CT molecular complexity index is 2250. The number of rotatable bonds is 1. The van der Waals surface area contributed by atoms with Crippen molar-refractivity contribution in [2.75, 3.05) is 4.90 Å². The topological polar surface area (TPSA) is 21.7 Å². The van der Waals surface area contributed by atoms with Crippen molar-refractivity contribution in [3.63, 3.8) is 0 Å². The van der Waals surface area contributed by atoms with E-state index < -0.39 is 8.07 Å². The molecule has 9 rings (SSSR count). The van der Waals surface area contributed by atoms with E-state index in [4.69, 9.17) is 9.47 Å². The van der Waals surface area contributed by atoms with Gasteiger partial charge >= 0.3 is 0 Å². The molecule has 0 bridgehead atoms. The Balaban J connectivity index is 1.47. The van der Waals surface area contributed by atoms with Gasteiger partial charge in [-0.3, -0.25) is 0 Å². The Morgan fingerprint density at radius 2 is 1.11 bits per heavy atom. The number of hydrogen-bond donors (Lipinski definition) is 0. The largest absolute Gasteiger partial charge is 0.457 e. The lowest BCUT2D eigenvalue weighted by Gasteiger charge is -2.50. The number of ether oxygens (including phenoxy) is 2. The number of fused-ring (bicyclic) bond motifs is 3. The van der Waals surface area contributed by atoms with Crippen LogP contribution >= 0.6 is 0 Å². The Labute approximate surface area is 266 Å². The molecule has 0 aliphatic carbocycles. The van der Waals surface area contributed by atoms with Crippen LogP contribution in [0.15, 0.2) is 97.1 Å². The summed E-state index contributed by atoms with van der Waals surface area (Å²) in [6.07, 6.45) is 0. The normalized spacial score (nSPS) is 17.6. The molecule has 3 heterocycles. The van der Waals surface area contributed by atoms with Gasteiger partial charge in [0.1, 0.15) is 23.0 Å². The summed E-state index contributed by atoms with van der Waals surface area (Å²) in [4.78, 5) is 2.47. The van der Waals surface area contributed by atoms with Crippen molar-refractivity contribution in [3.05, 3.63) is 108 Å². The van der Waals surface area contributed by atoms with Crippen molar-refractivity contribution >= 4 is 62.2 Å². The van der Waals surface area contributed by atoms with E-state index in [0.717, 1.165) is 39.5 Å². The van der Waals surface area contributed by atoms with Crippen molar-refractivity contribution in [2.45, 2.75) is 58.9 Å². The molecule has 0 radical (unpaired) electrons. The lowest BCUT2D eigenvalue weighted by molar-refractivity contribution is 0.443. The lowest BCUT2D eigenvalue weighted by atomic mass is 9.85. The van der Waals surface area contributed by atoms with E-state index in [0.29, 0.717) is 0 Å². The molecule has 6 aromatic carbocycles. The molecule has 1 unspecified atom stereocenters. The molecular weight excluding hydrogens is 567 g/mol. The summed E-state index contributed by atoms with van der Waals surface area (Å²) in [6.45, 7) is 16.3. The fraction of sp³-hybridized carbons (Fsp3) is 0.220. The van der Waals surface area contributed by atoms with Gasteiger partial charge in [-0.25, -0.2) is 0 Å². The zero-order valence-corrected chi connectivity index (χ0v) is 28.0. The molecule has 1 atom stereocenters. The predicted octanol–water partition coefficient (Wildman–Crippen LogP) is 9.68. The fourth-order valence-corrected chi connectivity index (χ4v) is 12.8. The van der Waals surface area contributed by atoms with Gasteiger partial charge in [-0.15, -0.1) is 0 Å². The summed E-state index contributed by atoms with van der Waals surface area (Å²) < 4.78 is 14.4. The van der Waals surface area contributed by atoms with Crippen LogP contribution in [-0.4, -0.2) is 8.07 Å². The molecule has 3 aliphatic heterocycles. The molecule has 0 saturated carbocycles. The van der Waals surface area contributed by atoms with Gasteiger partial charge in [0, 0.05) is 49.1 Å². The third kappa shape index (κ3) is 3.46. The predicted molar refractivity (Wildman–Crippen MR) is 191 cm³/mol. The van der Waals surface area contributed by atoms with Crippen LogP contribution in [0.2, 0.25) is 6.55 Å². The van der Waals surface area contributed by atoms with Gasteiger partial charge in [0.2, 0.25) is 0 Å². The maximum atomic E-state index is 7.27. The summed E-state index contributed by atoms with van der Waals surface area (Å²) in [5.41, 5.74) is 5.88. The first-order chi connectivity index (χ1) is 21.5. The summed E-state index contributed by atoms with van der Waals surface area (Å²) in [5.74, 6) is 4.00. The second-order valence-corrected chi connectivity index (χ2v) is 18.9. The molecule has 0 amide bonds. The van der Waals surface area contributed by atoms with E-state index in [1.54, 1.807) is 0 Å². The first-order valence-corrected chi connectivity index (χ1v) is 18.5. The molecule has 4 heteroatoms. The molecular formula is C41H37NO2Si. The van der Waals surface area contributed by atoms with E-state index >= 15 is 0 Å². The van der Waals surface area contributed by atoms with E-state index in [-0.39, 0.29) is 10.8 Å². The van der Waals surface area contributed by atoms with Crippen LogP contribution < -0.4 is 29.9 Å². The number of hydrogen-bond acceptors (Lipinski definition) is 3. The maximum Gasteiger partial charge on any atom is 0.170 e. The van der Waals surface area contributed by atoms with E-state index in [1.807, 2.05) is 0 Å². The smallest absolute Gasteiger partial charge is 0.170 e. The third-order valence-corrected chi connectivity index (χ3v) is 14.7. The second kappa shape index (κ2) is 8.58. The number of nitrogens with zero attached hydrogens (tertiary/aromatic N) is 1. The zero-order valence-electron chi connectivity index (χ0n) is 27.0. The van der Waals surface area contributed by atoms with Gasteiger partial charge in [-0.2, -0.15) is 0 Å². The standard InChI is InChI=1S/C41H37NO2Si/c1-40(2,3)29-18-20-31-37-35(29)43-33-23-26-14-10-11-15-28(26)34-39(33)45(37,7)38-32(21-19-30(36(38)44-34)41(4,5)6)42(31)27-17-16-24-12-8-9-13-25(24)22-27/h8-23H,1-7H3. The van der Waals surface area contributed by atoms with Gasteiger partial charge in [-0.05, 0) is 57.3 Å². The Kier molecular flexibility index (Phi) is 5.12. The summed E-state index contributed by atoms with van der Waals surface area (Å²) in [5, 5.41) is 8.74. The molecule has 222 valence electrons. The Hall–Kier alpha value is -4.54. The van der Waals surface area contributed by atoms with Crippen LogP contribution in [0.25, 0.3) is 21.5 Å². The zero-order chi connectivity index (χ0) is 31.0. The van der Waals surface area contributed by atoms with Gasteiger partial charge in [0.15, 0.2) is 8.07 Å². The van der Waals surface area contributed by atoms with Crippen molar-refractivity contribution in [1.29, 1.82) is 0 Å². The highest BCUT2D eigenvalue weighted by Gasteiger charge is 2.57. The summed E-state index contributed by atoms with van der Waals surface area (Å²) >= 11 is 0. The molecule has 45 heavy (non-hydrogen) atoms. The van der Waals surface area contributed by atoms with Gasteiger partial charge < -0.3 is 14.4 Å². The molecule has 0 fully saturated rings. The Morgan fingerprint density at radius 1 is 0.533 bits per heavy atom. The molecule has 6 aromatic rings. The number of benzene rings is 6. The minimum absolute atomic E-state index is 0.0956. The minimum atomic E-state index is -2.66. The van der Waals surface area contributed by atoms with Crippen molar-refractivity contribution in [2.24, 2.45) is 0 Å². The van der Waals surface area contributed by atoms with Crippen LogP contribution in [-0.2, 0) is 10.8 Å². The van der Waals surface area contributed by atoms with Gasteiger partial charge in [0.25, 0.3) is 0 Å². The Morgan fingerprint density at radius 3 is 1.76 bits per heavy atom. The van der Waals surface area contributed by atoms with E-state index in [1.165, 1.54) is 48.8 Å². The maximum absolute atomic E-state index is 7.27. The molecule has 0 N–H and O–H groups in total. The highest BCUT2D eigenvalue weighted by Crippen LogP contribution is 2.53. The monoisotopic (exact) mass is 603 g/mol. The van der Waals surface area contributed by atoms with Gasteiger partial charge in [0.05, 0.1) is 0 Å². The van der Waals surface area contributed by atoms with E-state index in [2.05, 4.69) is 150 Å². The first kappa shape index (κ1) is 26.8. The average molecular weight is 604 g/mol. The van der Waals surface area contributed by atoms with Crippen LogP contribution in [0, 0.1) is 0 Å². The van der Waals surface area contributed by atoms with Crippen molar-refractivity contribution in [1.82, 2.24) is 0 Å². The van der Waals surface area contributed by atoms with Crippen molar-refractivity contribution in [3.8, 4) is 23.0 Å². The van der Waals surface area contributed by atoms with Crippen LogP contribution in [0.1, 0.15) is 52.7 Å². The average Bonchev–Trinajstić information content (AvgIpc) is 2.99. The third-order valence-electron chi connectivity index (χ3n) is 10.2. The quantitative estimate of drug-likeness (QED) is 0.174. The molecule has 0 spiro atoms. The SMILES string of the molecule is CC(C)(C)c1ccc2c3c1Oc1cc4ccccc4c4c1[Si]3(C)c1c(ccc(C(C)(C)C)c1O4)N2c1ccc2ccccc2c1. The molecule has 3 nitrogen and oxygen atoms in total. The number of anilines is 3. The highest BCUT2D eigenvalue weighted by molar-refractivity contribution is 7.15. The minimum Gasteiger partial charge on any atom is -0.457 e. The first-order valence-electron chi connectivity index (χ1n) is 16.0. The van der Waals surface area contributed by atoms with E-state index in [9.17, 15) is 0 Å². The highest BCUT2D eigenvalue weighted by atomic mass is 28.3.